The SMILES string of the molecule is O=C(COc1ccccc1)N1CCC2(CC1)SCCN2C(=O)c1ccc(F)cc1. The number of rotatable bonds is 4. The number of carbonyl (C=O) groups is 2. The van der Waals surface area contributed by atoms with Gasteiger partial charge in [0.05, 0.1) is 4.87 Å². The maximum absolute atomic E-state index is 13.2. The highest BCUT2D eigenvalue weighted by Crippen LogP contribution is 2.44. The summed E-state index contributed by atoms with van der Waals surface area (Å²) in [5.74, 6) is 1.09. The lowest BCUT2D eigenvalue weighted by Gasteiger charge is -2.44. The van der Waals surface area contributed by atoms with Gasteiger partial charge >= 0.3 is 0 Å². The van der Waals surface area contributed by atoms with Crippen molar-refractivity contribution in [1.82, 2.24) is 9.80 Å². The predicted octanol–water partition coefficient (Wildman–Crippen LogP) is 3.41. The van der Waals surface area contributed by atoms with E-state index in [2.05, 4.69) is 0 Å². The highest BCUT2D eigenvalue weighted by molar-refractivity contribution is 8.00. The lowest BCUT2D eigenvalue weighted by atomic mass is 10.0. The average Bonchev–Trinajstić information content (AvgIpc) is 3.16. The van der Waals surface area contributed by atoms with Crippen molar-refractivity contribution in [3.63, 3.8) is 0 Å². The molecule has 5 nitrogen and oxygen atoms in total. The molecule has 2 fully saturated rings. The summed E-state index contributed by atoms with van der Waals surface area (Å²) in [5, 5.41) is 0. The Morgan fingerprint density at radius 3 is 2.38 bits per heavy atom. The van der Waals surface area contributed by atoms with Gasteiger partial charge in [-0.3, -0.25) is 9.59 Å². The van der Waals surface area contributed by atoms with Crippen LogP contribution in [0.1, 0.15) is 23.2 Å². The number of hydrogen-bond acceptors (Lipinski definition) is 4. The van der Waals surface area contributed by atoms with Crippen LogP contribution in [0.25, 0.3) is 0 Å². The summed E-state index contributed by atoms with van der Waals surface area (Å²) in [6, 6.07) is 15.0. The molecule has 2 amide bonds. The van der Waals surface area contributed by atoms with Crippen molar-refractivity contribution in [2.24, 2.45) is 0 Å². The second-order valence-corrected chi connectivity index (χ2v) is 8.70. The Kier molecular flexibility index (Phi) is 5.76. The zero-order valence-electron chi connectivity index (χ0n) is 16.1. The topological polar surface area (TPSA) is 49.9 Å². The number of halogens is 1. The van der Waals surface area contributed by atoms with Gasteiger partial charge in [-0.05, 0) is 49.2 Å². The molecule has 0 atom stereocenters. The first-order valence-electron chi connectivity index (χ1n) is 9.75. The second-order valence-electron chi connectivity index (χ2n) is 7.24. The Hall–Kier alpha value is -2.54. The van der Waals surface area contributed by atoms with Crippen LogP contribution in [0, 0.1) is 5.82 Å². The smallest absolute Gasteiger partial charge is 0.260 e. The first-order chi connectivity index (χ1) is 14.1. The number of para-hydroxylation sites is 1. The molecule has 2 aromatic rings. The minimum absolute atomic E-state index is 0.0163. The van der Waals surface area contributed by atoms with Crippen molar-refractivity contribution < 1.29 is 18.7 Å². The molecule has 29 heavy (non-hydrogen) atoms. The molecule has 0 unspecified atom stereocenters. The quantitative estimate of drug-likeness (QED) is 0.769. The Bertz CT molecular complexity index is 867. The van der Waals surface area contributed by atoms with E-state index in [0.29, 0.717) is 30.9 Å². The Balaban J connectivity index is 1.36. The molecule has 0 radical (unpaired) electrons. The summed E-state index contributed by atoms with van der Waals surface area (Å²) in [7, 11) is 0. The molecular formula is C22H23FN2O3S. The number of carbonyl (C=O) groups excluding carboxylic acids is 2. The van der Waals surface area contributed by atoms with Crippen LogP contribution in [0.4, 0.5) is 4.39 Å². The maximum atomic E-state index is 13.2. The van der Waals surface area contributed by atoms with Gasteiger partial charge in [-0.2, -0.15) is 0 Å². The van der Waals surface area contributed by atoms with Crippen molar-refractivity contribution in [1.29, 1.82) is 0 Å². The number of likely N-dealkylation sites (tertiary alicyclic amines) is 1. The van der Waals surface area contributed by atoms with Crippen molar-refractivity contribution >= 4 is 23.6 Å². The van der Waals surface area contributed by atoms with Crippen LogP contribution in [-0.4, -0.2) is 58.5 Å². The lowest BCUT2D eigenvalue weighted by Crippen LogP contribution is -2.54. The zero-order valence-corrected chi connectivity index (χ0v) is 16.9. The third-order valence-electron chi connectivity index (χ3n) is 5.52. The van der Waals surface area contributed by atoms with Crippen LogP contribution >= 0.6 is 11.8 Å². The van der Waals surface area contributed by atoms with E-state index in [9.17, 15) is 14.0 Å². The molecule has 1 spiro atoms. The van der Waals surface area contributed by atoms with Gasteiger partial charge in [-0.1, -0.05) is 18.2 Å². The number of amides is 2. The Morgan fingerprint density at radius 2 is 1.69 bits per heavy atom. The average molecular weight is 415 g/mol. The third kappa shape index (κ3) is 4.24. The van der Waals surface area contributed by atoms with E-state index in [-0.39, 0.29) is 29.1 Å². The molecule has 2 aliphatic rings. The highest BCUT2D eigenvalue weighted by Gasteiger charge is 2.47. The molecule has 0 N–H and O–H groups in total. The van der Waals surface area contributed by atoms with Gasteiger partial charge in [0, 0.05) is 31.0 Å². The number of thioether (sulfide) groups is 1. The van der Waals surface area contributed by atoms with Crippen LogP contribution in [-0.2, 0) is 4.79 Å². The largest absolute Gasteiger partial charge is 0.484 e. The number of benzene rings is 2. The van der Waals surface area contributed by atoms with E-state index in [4.69, 9.17) is 4.74 Å². The van der Waals surface area contributed by atoms with Gasteiger partial charge in [-0.25, -0.2) is 4.39 Å². The van der Waals surface area contributed by atoms with Gasteiger partial charge in [0.15, 0.2) is 6.61 Å². The Morgan fingerprint density at radius 1 is 1.00 bits per heavy atom. The third-order valence-corrected chi connectivity index (χ3v) is 7.07. The predicted molar refractivity (Wildman–Crippen MR) is 110 cm³/mol. The summed E-state index contributed by atoms with van der Waals surface area (Å²) in [4.78, 5) is 29.0. The van der Waals surface area contributed by atoms with Crippen LogP contribution in [0.5, 0.6) is 5.75 Å². The fourth-order valence-corrected chi connectivity index (χ4v) is 5.37. The van der Waals surface area contributed by atoms with E-state index in [1.54, 1.807) is 11.8 Å². The summed E-state index contributed by atoms with van der Waals surface area (Å²) < 4.78 is 18.8. The fraction of sp³-hybridized carbons (Fsp3) is 0.364. The fourth-order valence-electron chi connectivity index (χ4n) is 3.92. The van der Waals surface area contributed by atoms with Crippen LogP contribution < -0.4 is 4.74 Å². The standard InChI is InChI=1S/C22H23FN2O3S/c23-18-8-6-17(7-9-18)21(27)25-14-15-29-22(25)10-12-24(13-11-22)20(26)16-28-19-4-2-1-3-5-19/h1-9H,10-16H2. The second kappa shape index (κ2) is 8.45. The van der Waals surface area contributed by atoms with Crippen molar-refractivity contribution in [2.45, 2.75) is 17.7 Å². The molecular weight excluding hydrogens is 391 g/mol. The van der Waals surface area contributed by atoms with Gasteiger partial charge in [0.2, 0.25) is 0 Å². The van der Waals surface area contributed by atoms with E-state index >= 15 is 0 Å². The summed E-state index contributed by atoms with van der Waals surface area (Å²) in [5.41, 5.74) is 0.503. The van der Waals surface area contributed by atoms with Crippen molar-refractivity contribution in [3.8, 4) is 5.75 Å². The normalized spacial score (nSPS) is 18.1. The van der Waals surface area contributed by atoms with Gasteiger partial charge in [0.1, 0.15) is 11.6 Å². The van der Waals surface area contributed by atoms with Crippen LogP contribution in [0.15, 0.2) is 54.6 Å². The van der Waals surface area contributed by atoms with Crippen LogP contribution in [0.3, 0.4) is 0 Å². The molecule has 0 bridgehead atoms. The number of ether oxygens (including phenoxy) is 1. The van der Waals surface area contributed by atoms with Gasteiger partial charge in [0.25, 0.3) is 11.8 Å². The van der Waals surface area contributed by atoms with Gasteiger partial charge < -0.3 is 14.5 Å². The zero-order chi connectivity index (χ0) is 20.3. The van der Waals surface area contributed by atoms with E-state index < -0.39 is 0 Å². The molecule has 152 valence electrons. The van der Waals surface area contributed by atoms with E-state index in [1.165, 1.54) is 24.3 Å². The minimum Gasteiger partial charge on any atom is -0.484 e. The number of hydrogen-bond donors (Lipinski definition) is 0. The molecule has 0 aromatic heterocycles. The summed E-state index contributed by atoms with van der Waals surface area (Å²) >= 11 is 1.79. The maximum Gasteiger partial charge on any atom is 0.260 e. The number of piperidine rings is 1. The molecule has 0 saturated carbocycles. The molecule has 2 heterocycles. The van der Waals surface area contributed by atoms with E-state index in [1.807, 2.05) is 40.1 Å². The van der Waals surface area contributed by atoms with Crippen LogP contribution in [0.2, 0.25) is 0 Å². The monoisotopic (exact) mass is 414 g/mol. The molecule has 2 saturated heterocycles. The first kappa shape index (κ1) is 19.8. The van der Waals surface area contributed by atoms with Crippen molar-refractivity contribution in [3.05, 3.63) is 66.0 Å². The van der Waals surface area contributed by atoms with Crippen molar-refractivity contribution in [2.75, 3.05) is 32.0 Å². The first-order valence-corrected chi connectivity index (χ1v) is 10.7. The van der Waals surface area contributed by atoms with E-state index in [0.717, 1.165) is 18.6 Å². The molecule has 2 aliphatic heterocycles. The summed E-state index contributed by atoms with van der Waals surface area (Å²) in [6.45, 7) is 1.88. The summed E-state index contributed by atoms with van der Waals surface area (Å²) in [6.07, 6.45) is 1.45. The lowest BCUT2D eigenvalue weighted by molar-refractivity contribution is -0.135. The molecule has 0 aliphatic carbocycles. The van der Waals surface area contributed by atoms with Gasteiger partial charge in [-0.15, -0.1) is 11.8 Å². The molecule has 2 aromatic carbocycles. The minimum atomic E-state index is -0.350. The molecule has 7 heteroatoms. The molecule has 4 rings (SSSR count). The highest BCUT2D eigenvalue weighted by atomic mass is 32.2. The number of nitrogens with zero attached hydrogens (tertiary/aromatic N) is 2. The Labute approximate surface area is 173 Å².